The smallest absolute Gasteiger partial charge is 0.283 e. The van der Waals surface area contributed by atoms with Gasteiger partial charge in [-0.2, -0.15) is 0 Å². The molecular weight excluding hydrogens is 538 g/mol. The maximum Gasteiger partial charge on any atom is 0.283 e. The summed E-state index contributed by atoms with van der Waals surface area (Å²) in [6.45, 7) is 9.99. The number of nitrogens with one attached hydrogen (secondary N) is 1. The molecule has 0 fully saturated rings. The number of rotatable bonds is 10. The van der Waals surface area contributed by atoms with Gasteiger partial charge in [-0.25, -0.2) is 19.4 Å². The normalized spacial score (nSPS) is 14.0. The van der Waals surface area contributed by atoms with Crippen molar-refractivity contribution in [3.05, 3.63) is 106 Å². The van der Waals surface area contributed by atoms with E-state index >= 15 is 0 Å². The Balaban J connectivity index is 1.62. The molecule has 0 aliphatic carbocycles. The molecule has 1 aliphatic rings. The second-order valence-electron chi connectivity index (χ2n) is 9.62. The lowest BCUT2D eigenvalue weighted by molar-refractivity contribution is -0.253. The van der Waals surface area contributed by atoms with Gasteiger partial charge in [-0.1, -0.05) is 30.8 Å². The summed E-state index contributed by atoms with van der Waals surface area (Å²) >= 11 is 0. The number of aromatic nitrogens is 2. The fraction of sp³-hybridized carbons (Fsp3) is 0.194. The Morgan fingerprint density at radius 2 is 1.38 bits per heavy atom. The molecule has 3 N–H and O–H groups in total. The number of aliphatic imine (C=N–C) groups is 1. The first kappa shape index (κ1) is 28.7. The minimum atomic E-state index is -0.463. The Labute approximate surface area is 242 Å². The van der Waals surface area contributed by atoms with Gasteiger partial charge >= 0.3 is 0 Å². The zero-order chi connectivity index (χ0) is 29.8. The zero-order valence-corrected chi connectivity index (χ0v) is 23.3. The minimum absolute atomic E-state index is 0.00251. The summed E-state index contributed by atoms with van der Waals surface area (Å²) in [5.41, 5.74) is 4.02. The van der Waals surface area contributed by atoms with Crippen LogP contribution in [0.25, 0.3) is 11.3 Å². The highest BCUT2D eigenvalue weighted by Crippen LogP contribution is 2.36. The molecule has 11 nitrogen and oxygen atoms in total. The third-order valence-electron chi connectivity index (χ3n) is 7.16. The van der Waals surface area contributed by atoms with Crippen molar-refractivity contribution in [3.8, 4) is 5.69 Å². The number of hydrogen-bond acceptors (Lipinski definition) is 8. The highest BCUT2D eigenvalue weighted by molar-refractivity contribution is 6.61. The van der Waals surface area contributed by atoms with Crippen LogP contribution in [0.5, 0.6) is 0 Å². The summed E-state index contributed by atoms with van der Waals surface area (Å²) in [6.07, 6.45) is 0. The van der Waals surface area contributed by atoms with Crippen LogP contribution in [-0.2, 0) is 27.8 Å². The van der Waals surface area contributed by atoms with Crippen molar-refractivity contribution in [2.24, 2.45) is 4.99 Å². The molecule has 0 spiro atoms. The molecule has 1 aliphatic heterocycles. The quantitative estimate of drug-likeness (QED) is 0.171. The standard InChI is InChI=1S/C31H31N5O6/c1-4-34(5-2)24-16-10-23(11-17-24)32-28-20(3)27-29(35(31(28)38)25-12-6-21(7-13-25)18-41-39)33-36(30(27)37)26-14-8-22(9-15-26)19-42-40/h6-17,33,39-40H,3-5,18-19H2,1-2H3. The minimum Gasteiger partial charge on any atom is -0.372 e. The van der Waals surface area contributed by atoms with Crippen LogP contribution in [0.2, 0.25) is 0 Å². The van der Waals surface area contributed by atoms with Crippen LogP contribution < -0.4 is 15.4 Å². The Bertz CT molecular complexity index is 1670. The molecule has 2 heterocycles. The lowest BCUT2D eigenvalue weighted by Gasteiger charge is -2.28. The van der Waals surface area contributed by atoms with Gasteiger partial charge in [0.25, 0.3) is 11.5 Å². The van der Waals surface area contributed by atoms with Crippen LogP contribution >= 0.6 is 0 Å². The number of H-pyrrole nitrogens is 1. The SMILES string of the molecule is C=C1C(=Nc2ccc(N(CC)CC)cc2)C(=O)N(c2ccc(COO)cc2)c2[nH]n(-c3ccc(COO)cc3)c(=O)c21. The van der Waals surface area contributed by atoms with Gasteiger partial charge in [-0.05, 0) is 73.5 Å². The van der Waals surface area contributed by atoms with Crippen molar-refractivity contribution in [1.29, 1.82) is 0 Å². The van der Waals surface area contributed by atoms with Crippen molar-refractivity contribution < 1.29 is 25.1 Å². The lowest BCUT2D eigenvalue weighted by atomic mass is 9.98. The number of amides is 1. The average Bonchev–Trinajstić information content (AvgIpc) is 3.35. The van der Waals surface area contributed by atoms with Crippen molar-refractivity contribution in [2.75, 3.05) is 22.9 Å². The summed E-state index contributed by atoms with van der Waals surface area (Å²) in [5.74, 6) is -0.213. The van der Waals surface area contributed by atoms with E-state index in [0.717, 1.165) is 18.8 Å². The maximum absolute atomic E-state index is 14.0. The third-order valence-corrected chi connectivity index (χ3v) is 7.16. The van der Waals surface area contributed by atoms with E-state index in [4.69, 9.17) is 10.5 Å². The van der Waals surface area contributed by atoms with Gasteiger partial charge in [-0.3, -0.25) is 30.1 Å². The van der Waals surface area contributed by atoms with Crippen molar-refractivity contribution >= 4 is 40.1 Å². The van der Waals surface area contributed by atoms with Crippen LogP contribution in [0.15, 0.2) is 89.2 Å². The van der Waals surface area contributed by atoms with Gasteiger partial charge in [-0.15, -0.1) is 0 Å². The van der Waals surface area contributed by atoms with Crippen molar-refractivity contribution in [2.45, 2.75) is 27.1 Å². The summed E-state index contributed by atoms with van der Waals surface area (Å²) in [6, 6.07) is 21.2. The van der Waals surface area contributed by atoms with Gasteiger partial charge in [0.2, 0.25) is 0 Å². The Morgan fingerprint density at radius 1 is 0.833 bits per heavy atom. The number of anilines is 3. The molecule has 0 bridgehead atoms. The van der Waals surface area contributed by atoms with E-state index in [2.05, 4.69) is 45.2 Å². The maximum atomic E-state index is 14.0. The van der Waals surface area contributed by atoms with E-state index in [1.165, 1.54) is 9.58 Å². The van der Waals surface area contributed by atoms with E-state index in [9.17, 15) is 9.59 Å². The van der Waals surface area contributed by atoms with Crippen LogP contribution in [0.4, 0.5) is 22.9 Å². The Kier molecular flexibility index (Phi) is 8.46. The van der Waals surface area contributed by atoms with Crippen molar-refractivity contribution in [1.82, 2.24) is 9.78 Å². The fourth-order valence-electron chi connectivity index (χ4n) is 4.95. The molecule has 0 radical (unpaired) electrons. The molecule has 1 aromatic heterocycles. The zero-order valence-electron chi connectivity index (χ0n) is 23.3. The van der Waals surface area contributed by atoms with E-state index in [0.29, 0.717) is 28.2 Å². The topological polar surface area (TPSA) is 133 Å². The van der Waals surface area contributed by atoms with Crippen LogP contribution in [0.1, 0.15) is 30.5 Å². The predicted octanol–water partition coefficient (Wildman–Crippen LogP) is 5.46. The number of hydrogen-bond donors (Lipinski definition) is 3. The summed E-state index contributed by atoms with van der Waals surface area (Å²) in [5, 5.41) is 20.7. The molecule has 4 aromatic rings. The molecule has 0 saturated carbocycles. The second kappa shape index (κ2) is 12.4. The molecule has 3 aromatic carbocycles. The predicted molar refractivity (Wildman–Crippen MR) is 161 cm³/mol. The molecule has 1 amide bonds. The molecular formula is C31H31N5O6. The monoisotopic (exact) mass is 569 g/mol. The van der Waals surface area contributed by atoms with Gasteiger partial charge < -0.3 is 4.90 Å². The van der Waals surface area contributed by atoms with Crippen LogP contribution in [0.3, 0.4) is 0 Å². The highest BCUT2D eigenvalue weighted by Gasteiger charge is 2.38. The van der Waals surface area contributed by atoms with Crippen LogP contribution in [-0.4, -0.2) is 45.0 Å². The molecule has 0 atom stereocenters. The molecule has 5 rings (SSSR count). The highest BCUT2D eigenvalue weighted by atomic mass is 17.1. The first-order chi connectivity index (χ1) is 20.4. The number of benzene rings is 3. The molecule has 0 unspecified atom stereocenters. The first-order valence-electron chi connectivity index (χ1n) is 13.4. The van der Waals surface area contributed by atoms with Gasteiger partial charge in [0.05, 0.1) is 22.6 Å². The number of fused-ring (bicyclic) bond motifs is 1. The molecule has 0 saturated heterocycles. The fourth-order valence-corrected chi connectivity index (χ4v) is 4.95. The van der Waals surface area contributed by atoms with Gasteiger partial charge in [0, 0.05) is 24.4 Å². The number of carbonyl (C=O) groups is 1. The van der Waals surface area contributed by atoms with Gasteiger partial charge in [0.1, 0.15) is 24.7 Å². The van der Waals surface area contributed by atoms with Gasteiger partial charge in [0.15, 0.2) is 0 Å². The Morgan fingerprint density at radius 3 is 1.90 bits per heavy atom. The summed E-state index contributed by atoms with van der Waals surface area (Å²) < 4.78 is 1.33. The van der Waals surface area contributed by atoms with E-state index in [-0.39, 0.29) is 35.9 Å². The first-order valence-corrected chi connectivity index (χ1v) is 13.4. The van der Waals surface area contributed by atoms with E-state index in [1.807, 2.05) is 24.3 Å². The number of aromatic amines is 1. The summed E-state index contributed by atoms with van der Waals surface area (Å²) in [4.78, 5) is 44.5. The third kappa shape index (κ3) is 5.41. The Hall–Kier alpha value is -4.81. The van der Waals surface area contributed by atoms with E-state index < -0.39 is 11.5 Å². The molecule has 11 heteroatoms. The lowest BCUT2D eigenvalue weighted by Crippen LogP contribution is -2.38. The molecule has 42 heavy (non-hydrogen) atoms. The molecule has 216 valence electrons. The van der Waals surface area contributed by atoms with E-state index in [1.54, 1.807) is 48.5 Å². The second-order valence-corrected chi connectivity index (χ2v) is 9.62. The average molecular weight is 570 g/mol. The largest absolute Gasteiger partial charge is 0.372 e. The van der Waals surface area contributed by atoms with Crippen LogP contribution in [0, 0.1) is 0 Å². The number of nitrogens with zero attached hydrogens (tertiary/aromatic N) is 4. The summed E-state index contributed by atoms with van der Waals surface area (Å²) in [7, 11) is 0. The number of carbonyl (C=O) groups excluding carboxylic acids is 1. The van der Waals surface area contributed by atoms with Crippen molar-refractivity contribution in [3.63, 3.8) is 0 Å².